The highest BCUT2D eigenvalue weighted by molar-refractivity contribution is 6.10. The van der Waals surface area contributed by atoms with Crippen LogP contribution in [0.15, 0.2) is 47.6 Å². The summed E-state index contributed by atoms with van der Waals surface area (Å²) in [6.45, 7) is 3.57. The quantitative estimate of drug-likeness (QED) is 0.135. The number of ether oxygens (including phenoxy) is 1. The van der Waals surface area contributed by atoms with E-state index >= 15 is 0 Å². The molecule has 3 N–H and O–H groups in total. The Balaban J connectivity index is 1.36. The molecule has 0 spiro atoms. The summed E-state index contributed by atoms with van der Waals surface area (Å²) < 4.78 is 5.23. The largest absolute Gasteiger partial charge is 0.497 e. The number of oxime groups is 1. The van der Waals surface area contributed by atoms with Crippen molar-refractivity contribution in [2.45, 2.75) is 18.5 Å². The Labute approximate surface area is 226 Å². The van der Waals surface area contributed by atoms with Crippen molar-refractivity contribution in [3.63, 3.8) is 0 Å². The van der Waals surface area contributed by atoms with E-state index in [4.69, 9.17) is 4.74 Å². The Morgan fingerprint density at radius 1 is 1.10 bits per heavy atom. The average Bonchev–Trinajstić information content (AvgIpc) is 3.28. The second kappa shape index (κ2) is 10.7. The molecule has 3 heterocycles. The van der Waals surface area contributed by atoms with Crippen LogP contribution in [0, 0.1) is 11.8 Å². The van der Waals surface area contributed by atoms with Crippen molar-refractivity contribution in [1.29, 1.82) is 0 Å². The molecule has 39 heavy (non-hydrogen) atoms. The first-order valence-electron chi connectivity index (χ1n) is 12.7. The number of nitrogens with one attached hydrogen (secondary N) is 2. The second-order valence-corrected chi connectivity index (χ2v) is 9.89. The van der Waals surface area contributed by atoms with Crippen LogP contribution < -0.4 is 15.4 Å². The zero-order valence-corrected chi connectivity index (χ0v) is 21.9. The second-order valence-electron chi connectivity index (χ2n) is 9.89. The van der Waals surface area contributed by atoms with Crippen molar-refractivity contribution in [2.75, 3.05) is 46.9 Å². The number of hydrogen-bond acceptors (Lipinski definition) is 7. The summed E-state index contributed by atoms with van der Waals surface area (Å²) in [5, 5.41) is 18.1. The van der Waals surface area contributed by atoms with Crippen LogP contribution in [-0.4, -0.2) is 96.0 Å². The van der Waals surface area contributed by atoms with Gasteiger partial charge in [0.2, 0.25) is 5.54 Å². The summed E-state index contributed by atoms with van der Waals surface area (Å²) in [6.07, 6.45) is 0.965. The standard InChI is InChI=1S/C28H30N6O5/c1-32-12-3-13-33(15-14-32)24(31-38)20-6-4-19(5-7-20)10-11-28(26(36)29-27(37)30-28)18-34-17-21-8-9-22(39-2)16-23(21)25(34)35/h4-9,16,38H,3,12-15,17-18H2,1-2H3,(H2,29,30,36,37)/b31-24-/t28-/m1/s1. The molecule has 2 saturated heterocycles. The van der Waals surface area contributed by atoms with Crippen LogP contribution >= 0.6 is 0 Å². The van der Waals surface area contributed by atoms with Gasteiger partial charge in [-0.25, -0.2) is 4.79 Å². The van der Waals surface area contributed by atoms with Crippen molar-refractivity contribution in [3.8, 4) is 17.6 Å². The summed E-state index contributed by atoms with van der Waals surface area (Å²) in [6, 6.07) is 11.7. The Morgan fingerprint density at radius 2 is 1.90 bits per heavy atom. The van der Waals surface area contributed by atoms with Crippen molar-refractivity contribution in [1.82, 2.24) is 25.3 Å². The first-order valence-corrected chi connectivity index (χ1v) is 12.7. The molecule has 0 bridgehead atoms. The van der Waals surface area contributed by atoms with E-state index in [1.807, 2.05) is 18.2 Å². The molecule has 0 unspecified atom stereocenters. The van der Waals surface area contributed by atoms with Crippen LogP contribution in [0.5, 0.6) is 5.75 Å². The predicted molar refractivity (Wildman–Crippen MR) is 142 cm³/mol. The Bertz CT molecular complexity index is 1400. The van der Waals surface area contributed by atoms with Gasteiger partial charge < -0.3 is 30.0 Å². The van der Waals surface area contributed by atoms with E-state index in [-0.39, 0.29) is 19.0 Å². The molecule has 202 valence electrons. The molecule has 3 aliphatic rings. The molecule has 1 atom stereocenters. The molecule has 11 heteroatoms. The molecule has 0 aromatic heterocycles. The number of rotatable bonds is 4. The van der Waals surface area contributed by atoms with Crippen molar-refractivity contribution in [2.24, 2.45) is 5.16 Å². The first kappa shape index (κ1) is 26.1. The van der Waals surface area contributed by atoms with Crippen molar-refractivity contribution >= 4 is 23.7 Å². The number of benzene rings is 2. The third kappa shape index (κ3) is 5.24. The van der Waals surface area contributed by atoms with E-state index in [9.17, 15) is 19.6 Å². The maximum atomic E-state index is 13.1. The maximum absolute atomic E-state index is 13.1. The van der Waals surface area contributed by atoms with Gasteiger partial charge in [0, 0.05) is 42.9 Å². The average molecular weight is 531 g/mol. The Hall–Kier alpha value is -4.56. The van der Waals surface area contributed by atoms with Gasteiger partial charge in [-0.2, -0.15) is 0 Å². The van der Waals surface area contributed by atoms with E-state index in [0.29, 0.717) is 22.7 Å². The zero-order chi connectivity index (χ0) is 27.6. The SMILES string of the molecule is COc1ccc2c(c1)C(=O)N(C[C@@]1(C#Cc3ccc(/C(=N/O)N4CCCN(C)CC4)cc3)NC(=O)NC1=O)C2. The fourth-order valence-electron chi connectivity index (χ4n) is 5.06. The number of imide groups is 1. The summed E-state index contributed by atoms with van der Waals surface area (Å²) in [5.74, 6) is 6.08. The third-order valence-electron chi connectivity index (χ3n) is 7.24. The van der Waals surface area contributed by atoms with Gasteiger partial charge in [0.25, 0.3) is 11.8 Å². The number of methoxy groups -OCH3 is 1. The molecule has 3 aliphatic heterocycles. The number of nitrogens with zero attached hydrogens (tertiary/aromatic N) is 4. The topological polar surface area (TPSA) is 127 Å². The Morgan fingerprint density at radius 3 is 2.59 bits per heavy atom. The highest BCUT2D eigenvalue weighted by atomic mass is 16.5. The lowest BCUT2D eigenvalue weighted by molar-refractivity contribution is -0.122. The molecule has 4 amide bonds. The predicted octanol–water partition coefficient (Wildman–Crippen LogP) is 1.05. The number of amidine groups is 1. The molecular weight excluding hydrogens is 500 g/mol. The summed E-state index contributed by atoms with van der Waals surface area (Å²) >= 11 is 0. The van der Waals surface area contributed by atoms with Gasteiger partial charge in [-0.05, 0) is 62.0 Å². The van der Waals surface area contributed by atoms with Crippen LogP contribution in [0.4, 0.5) is 4.79 Å². The van der Waals surface area contributed by atoms with Crippen molar-refractivity contribution in [3.05, 3.63) is 64.7 Å². The minimum absolute atomic E-state index is 0.115. The number of likely N-dealkylation sites (N-methyl/N-ethyl adjacent to an activating group) is 1. The molecule has 0 radical (unpaired) electrons. The van der Waals surface area contributed by atoms with Gasteiger partial charge in [-0.3, -0.25) is 14.9 Å². The van der Waals surface area contributed by atoms with E-state index in [1.165, 1.54) is 12.0 Å². The van der Waals surface area contributed by atoms with Gasteiger partial charge in [-0.1, -0.05) is 23.1 Å². The highest BCUT2D eigenvalue weighted by Gasteiger charge is 2.48. The van der Waals surface area contributed by atoms with Gasteiger partial charge in [-0.15, -0.1) is 0 Å². The molecule has 0 saturated carbocycles. The molecule has 2 aromatic carbocycles. The minimum atomic E-state index is -1.60. The lowest BCUT2D eigenvalue weighted by atomic mass is 9.99. The van der Waals surface area contributed by atoms with Crippen LogP contribution in [-0.2, 0) is 11.3 Å². The van der Waals surface area contributed by atoms with E-state index < -0.39 is 17.5 Å². The fourth-order valence-corrected chi connectivity index (χ4v) is 5.06. The molecular formula is C28H30N6O5. The van der Waals surface area contributed by atoms with Gasteiger partial charge in [0.15, 0.2) is 5.84 Å². The van der Waals surface area contributed by atoms with Crippen molar-refractivity contribution < 1.29 is 24.3 Å². The Kier molecular flexibility index (Phi) is 7.13. The summed E-state index contributed by atoms with van der Waals surface area (Å²) in [5.41, 5.74) is 1.04. The first-order chi connectivity index (χ1) is 18.8. The lowest BCUT2D eigenvalue weighted by Gasteiger charge is -2.26. The number of carbonyl (C=O) groups is 3. The molecule has 11 nitrogen and oxygen atoms in total. The van der Waals surface area contributed by atoms with Gasteiger partial charge in [0.1, 0.15) is 5.75 Å². The molecule has 2 aromatic rings. The molecule has 0 aliphatic carbocycles. The van der Waals surface area contributed by atoms with E-state index in [0.717, 1.165) is 43.7 Å². The zero-order valence-electron chi connectivity index (χ0n) is 21.9. The monoisotopic (exact) mass is 530 g/mol. The number of hydrogen-bond donors (Lipinski definition) is 3. The maximum Gasteiger partial charge on any atom is 0.323 e. The van der Waals surface area contributed by atoms with Crippen LogP contribution in [0.25, 0.3) is 0 Å². The summed E-state index contributed by atoms with van der Waals surface area (Å²) in [4.78, 5) is 43.9. The number of urea groups is 1. The van der Waals surface area contributed by atoms with Crippen LogP contribution in [0.3, 0.4) is 0 Å². The fraction of sp³-hybridized carbons (Fsp3) is 0.357. The third-order valence-corrected chi connectivity index (χ3v) is 7.24. The summed E-state index contributed by atoms with van der Waals surface area (Å²) in [7, 11) is 3.60. The minimum Gasteiger partial charge on any atom is -0.497 e. The van der Waals surface area contributed by atoms with E-state index in [2.05, 4.69) is 44.5 Å². The molecule has 5 rings (SSSR count). The lowest BCUT2D eigenvalue weighted by Crippen LogP contribution is -2.54. The van der Waals surface area contributed by atoms with Gasteiger partial charge >= 0.3 is 6.03 Å². The van der Waals surface area contributed by atoms with Gasteiger partial charge in [0.05, 0.1) is 13.7 Å². The number of amides is 4. The van der Waals surface area contributed by atoms with Crippen LogP contribution in [0.1, 0.15) is 33.5 Å². The normalized spacial score (nSPS) is 21.6. The van der Waals surface area contributed by atoms with Crippen LogP contribution in [0.2, 0.25) is 0 Å². The molecule has 2 fully saturated rings. The highest BCUT2D eigenvalue weighted by Crippen LogP contribution is 2.28. The van der Waals surface area contributed by atoms with E-state index in [1.54, 1.807) is 24.3 Å². The number of fused-ring (bicyclic) bond motifs is 1. The smallest absolute Gasteiger partial charge is 0.323 e. The number of carbonyl (C=O) groups excluding carboxylic acids is 3.